The summed E-state index contributed by atoms with van der Waals surface area (Å²) in [6.45, 7) is 0. The van der Waals surface area contributed by atoms with E-state index in [4.69, 9.17) is 23.7 Å². The molecule has 0 fully saturated rings. The lowest BCUT2D eigenvalue weighted by Crippen LogP contribution is -2.15. The van der Waals surface area contributed by atoms with Crippen LogP contribution in [0.25, 0.3) is 0 Å². The van der Waals surface area contributed by atoms with Crippen molar-refractivity contribution in [3.63, 3.8) is 0 Å². The quantitative estimate of drug-likeness (QED) is 0.675. The van der Waals surface area contributed by atoms with E-state index in [0.717, 1.165) is 0 Å². The first-order valence-electron chi connectivity index (χ1n) is 6.94. The molecule has 1 rings (SSSR count). The summed E-state index contributed by atoms with van der Waals surface area (Å²) in [5.41, 5.74) is 0.640. The van der Waals surface area contributed by atoms with Gasteiger partial charge in [-0.2, -0.15) is 0 Å². The average Bonchev–Trinajstić information content (AvgIpc) is 2.58. The van der Waals surface area contributed by atoms with Gasteiger partial charge in [-0.05, 0) is 6.07 Å². The zero-order chi connectivity index (χ0) is 17.4. The van der Waals surface area contributed by atoms with E-state index in [1.807, 2.05) is 0 Å². The molecule has 0 saturated heterocycles. The molecule has 0 aliphatic heterocycles. The van der Waals surface area contributed by atoms with Gasteiger partial charge in [0, 0.05) is 11.5 Å². The van der Waals surface area contributed by atoms with Crippen molar-refractivity contribution in [2.45, 2.75) is 18.8 Å². The summed E-state index contributed by atoms with van der Waals surface area (Å²) in [5, 5.41) is 0. The average molecular weight is 326 g/mol. The highest BCUT2D eigenvalue weighted by atomic mass is 16.5. The van der Waals surface area contributed by atoms with E-state index in [-0.39, 0.29) is 12.8 Å². The minimum Gasteiger partial charge on any atom is -0.493 e. The highest BCUT2D eigenvalue weighted by Crippen LogP contribution is 2.44. The summed E-state index contributed by atoms with van der Waals surface area (Å²) < 4.78 is 25.4. The van der Waals surface area contributed by atoms with E-state index in [1.165, 1.54) is 35.5 Å². The third-order valence-corrected chi connectivity index (χ3v) is 3.46. The SMILES string of the molecule is COC(=O)CC(CC(=O)OC)c1ccc(OC)c(OC)c1OC. The molecule has 0 aromatic heterocycles. The molecule has 7 heteroatoms. The van der Waals surface area contributed by atoms with Crippen LogP contribution in [0.2, 0.25) is 0 Å². The topological polar surface area (TPSA) is 80.3 Å². The third kappa shape index (κ3) is 4.51. The number of carbonyl (C=O) groups excluding carboxylic acids is 2. The molecule has 0 atom stereocenters. The van der Waals surface area contributed by atoms with Gasteiger partial charge in [0.25, 0.3) is 0 Å². The van der Waals surface area contributed by atoms with Gasteiger partial charge in [-0.25, -0.2) is 0 Å². The lowest BCUT2D eigenvalue weighted by atomic mass is 9.91. The zero-order valence-electron chi connectivity index (χ0n) is 14.0. The van der Waals surface area contributed by atoms with E-state index >= 15 is 0 Å². The van der Waals surface area contributed by atoms with Gasteiger partial charge >= 0.3 is 11.9 Å². The molecule has 128 valence electrons. The summed E-state index contributed by atoms with van der Waals surface area (Å²) in [6, 6.07) is 3.43. The molecule has 0 spiro atoms. The van der Waals surface area contributed by atoms with Crippen LogP contribution in [0.5, 0.6) is 17.2 Å². The highest BCUT2D eigenvalue weighted by molar-refractivity contribution is 5.75. The number of esters is 2. The molecule has 0 radical (unpaired) electrons. The first-order valence-corrected chi connectivity index (χ1v) is 6.94. The number of hydrogen-bond acceptors (Lipinski definition) is 7. The Kier molecular flexibility index (Phi) is 7.18. The molecule has 0 saturated carbocycles. The fraction of sp³-hybridized carbons (Fsp3) is 0.500. The maximum atomic E-state index is 11.7. The van der Waals surface area contributed by atoms with Crippen LogP contribution in [-0.2, 0) is 19.1 Å². The molecule has 0 aliphatic carbocycles. The Hall–Kier alpha value is -2.44. The lowest BCUT2D eigenvalue weighted by molar-refractivity contribution is -0.143. The van der Waals surface area contributed by atoms with Crippen molar-refractivity contribution in [1.29, 1.82) is 0 Å². The summed E-state index contributed by atoms with van der Waals surface area (Å²) in [4.78, 5) is 23.3. The third-order valence-electron chi connectivity index (χ3n) is 3.46. The second-order valence-electron chi connectivity index (χ2n) is 4.68. The Labute approximate surface area is 135 Å². The molecule has 0 unspecified atom stereocenters. The van der Waals surface area contributed by atoms with Crippen molar-refractivity contribution < 1.29 is 33.3 Å². The van der Waals surface area contributed by atoms with Crippen LogP contribution in [-0.4, -0.2) is 47.5 Å². The first-order chi connectivity index (χ1) is 11.0. The molecule has 7 nitrogen and oxygen atoms in total. The maximum absolute atomic E-state index is 11.7. The van der Waals surface area contributed by atoms with Gasteiger partial charge in [0.15, 0.2) is 11.5 Å². The molecule has 1 aromatic rings. The largest absolute Gasteiger partial charge is 0.493 e. The van der Waals surface area contributed by atoms with Crippen LogP contribution >= 0.6 is 0 Å². The lowest BCUT2D eigenvalue weighted by Gasteiger charge is -2.21. The van der Waals surface area contributed by atoms with E-state index in [0.29, 0.717) is 22.8 Å². The highest BCUT2D eigenvalue weighted by Gasteiger charge is 2.27. The summed E-state index contributed by atoms with van der Waals surface area (Å²) in [5.74, 6) is -0.0454. The zero-order valence-corrected chi connectivity index (χ0v) is 14.0. The van der Waals surface area contributed by atoms with E-state index in [2.05, 4.69) is 0 Å². The molecular formula is C16H22O7. The van der Waals surface area contributed by atoms with Gasteiger partial charge in [0.2, 0.25) is 5.75 Å². The molecule has 0 heterocycles. The van der Waals surface area contributed by atoms with Gasteiger partial charge < -0.3 is 23.7 Å². The Morgan fingerprint density at radius 2 is 1.35 bits per heavy atom. The first kappa shape index (κ1) is 18.6. The number of carbonyl (C=O) groups is 2. The molecule has 0 amide bonds. The van der Waals surface area contributed by atoms with Crippen molar-refractivity contribution in [1.82, 2.24) is 0 Å². The van der Waals surface area contributed by atoms with Crippen LogP contribution in [0.3, 0.4) is 0 Å². The second-order valence-corrected chi connectivity index (χ2v) is 4.68. The minimum atomic E-state index is -0.468. The van der Waals surface area contributed by atoms with Crippen LogP contribution < -0.4 is 14.2 Å². The van der Waals surface area contributed by atoms with Gasteiger partial charge in [-0.15, -0.1) is 0 Å². The minimum absolute atomic E-state index is 0.0114. The monoisotopic (exact) mass is 326 g/mol. The fourth-order valence-corrected chi connectivity index (χ4v) is 2.31. The molecule has 0 N–H and O–H groups in total. The van der Waals surface area contributed by atoms with Crippen molar-refractivity contribution in [2.24, 2.45) is 0 Å². The fourth-order valence-electron chi connectivity index (χ4n) is 2.31. The molecular weight excluding hydrogens is 304 g/mol. The smallest absolute Gasteiger partial charge is 0.306 e. The van der Waals surface area contributed by atoms with Crippen molar-refractivity contribution in [3.8, 4) is 17.2 Å². The molecule has 1 aromatic carbocycles. The number of methoxy groups -OCH3 is 5. The van der Waals surface area contributed by atoms with Crippen molar-refractivity contribution >= 4 is 11.9 Å². The Bertz CT molecular complexity index is 536. The van der Waals surface area contributed by atoms with Crippen molar-refractivity contribution in [3.05, 3.63) is 17.7 Å². The van der Waals surface area contributed by atoms with E-state index in [9.17, 15) is 9.59 Å². The second kappa shape index (κ2) is 8.87. The maximum Gasteiger partial charge on any atom is 0.306 e. The molecule has 0 aliphatic rings. The Morgan fingerprint density at radius 3 is 1.74 bits per heavy atom. The number of benzene rings is 1. The van der Waals surface area contributed by atoms with E-state index < -0.39 is 17.9 Å². The Morgan fingerprint density at radius 1 is 0.826 bits per heavy atom. The number of ether oxygens (including phenoxy) is 5. The summed E-state index contributed by atoms with van der Waals surface area (Å²) in [6.07, 6.45) is 0.0227. The van der Waals surface area contributed by atoms with Gasteiger partial charge in [-0.3, -0.25) is 9.59 Å². The van der Waals surface area contributed by atoms with Gasteiger partial charge in [-0.1, -0.05) is 6.07 Å². The summed E-state index contributed by atoms with van der Waals surface area (Å²) >= 11 is 0. The van der Waals surface area contributed by atoms with Gasteiger partial charge in [0.1, 0.15) is 0 Å². The van der Waals surface area contributed by atoms with E-state index in [1.54, 1.807) is 12.1 Å². The van der Waals surface area contributed by atoms with Crippen molar-refractivity contribution in [2.75, 3.05) is 35.5 Å². The van der Waals surface area contributed by atoms with Crippen LogP contribution in [0.15, 0.2) is 12.1 Å². The standard InChI is InChI=1S/C16H22O7/c1-19-12-7-6-11(15(22-4)16(12)23-5)10(8-13(17)20-2)9-14(18)21-3/h6-7,10H,8-9H2,1-5H3. The predicted octanol–water partition coefficient (Wildman–Crippen LogP) is 1.92. The molecule has 0 bridgehead atoms. The number of rotatable bonds is 8. The Balaban J connectivity index is 3.33. The van der Waals surface area contributed by atoms with Crippen LogP contribution in [0.4, 0.5) is 0 Å². The summed E-state index contributed by atoms with van der Waals surface area (Å²) in [7, 11) is 7.07. The number of hydrogen-bond donors (Lipinski definition) is 0. The predicted molar refractivity (Wildman–Crippen MR) is 82.1 cm³/mol. The van der Waals surface area contributed by atoms with Gasteiger partial charge in [0.05, 0.1) is 48.4 Å². The molecule has 23 heavy (non-hydrogen) atoms. The normalized spacial score (nSPS) is 10.2. The van der Waals surface area contributed by atoms with Crippen LogP contribution in [0.1, 0.15) is 24.3 Å². The van der Waals surface area contributed by atoms with Crippen LogP contribution in [0, 0.1) is 0 Å².